The van der Waals surface area contributed by atoms with Crippen molar-refractivity contribution in [1.29, 1.82) is 0 Å². The zero-order valence-electron chi connectivity index (χ0n) is 10.5. The van der Waals surface area contributed by atoms with Crippen molar-refractivity contribution in [2.75, 3.05) is 21.3 Å². The fourth-order valence-corrected chi connectivity index (χ4v) is 3.13. The average Bonchev–Trinajstić information content (AvgIpc) is 2.76. The molecule has 2 rings (SSSR count). The standard InChI is InChI=1S/C12H17NO4/c1-6-5-7-8(11(14)16-3)9(12(15)17-4)10(6)13(7)2/h5,7-10H,1-4H3. The number of carbonyl (C=O) groups excluding carboxylic acids is 2. The molecule has 0 amide bonds. The van der Waals surface area contributed by atoms with Crippen LogP contribution in [0.4, 0.5) is 0 Å². The number of carbonyl (C=O) groups is 2. The van der Waals surface area contributed by atoms with Crippen molar-refractivity contribution >= 4 is 11.9 Å². The van der Waals surface area contributed by atoms with Crippen LogP contribution in [0.1, 0.15) is 6.92 Å². The minimum absolute atomic E-state index is 0.0449. The highest BCUT2D eigenvalue weighted by Crippen LogP contribution is 2.45. The van der Waals surface area contributed by atoms with Crippen LogP contribution >= 0.6 is 0 Å². The molecule has 2 aliphatic heterocycles. The zero-order chi connectivity index (χ0) is 12.7. The molecule has 0 aromatic heterocycles. The first-order chi connectivity index (χ1) is 8.02. The van der Waals surface area contributed by atoms with Crippen molar-refractivity contribution in [2.24, 2.45) is 11.8 Å². The summed E-state index contributed by atoms with van der Waals surface area (Å²) in [7, 11) is 4.61. The Morgan fingerprint density at radius 2 is 1.71 bits per heavy atom. The van der Waals surface area contributed by atoms with Crippen molar-refractivity contribution in [2.45, 2.75) is 19.0 Å². The Kier molecular flexibility index (Phi) is 2.95. The molecule has 1 saturated heterocycles. The first kappa shape index (κ1) is 12.1. The van der Waals surface area contributed by atoms with E-state index >= 15 is 0 Å². The lowest BCUT2D eigenvalue weighted by Crippen LogP contribution is -2.38. The van der Waals surface area contributed by atoms with Crippen molar-refractivity contribution in [3.63, 3.8) is 0 Å². The largest absolute Gasteiger partial charge is 0.469 e. The molecule has 2 aliphatic rings. The van der Waals surface area contributed by atoms with Crippen molar-refractivity contribution in [3.05, 3.63) is 11.6 Å². The fourth-order valence-electron chi connectivity index (χ4n) is 3.13. The molecule has 0 N–H and O–H groups in total. The Bertz CT molecular complexity index is 390. The van der Waals surface area contributed by atoms with E-state index in [1.54, 1.807) is 0 Å². The molecule has 5 nitrogen and oxygen atoms in total. The van der Waals surface area contributed by atoms with Gasteiger partial charge in [0, 0.05) is 12.1 Å². The van der Waals surface area contributed by atoms with Gasteiger partial charge in [-0.3, -0.25) is 14.5 Å². The molecular formula is C12H17NO4. The van der Waals surface area contributed by atoms with Gasteiger partial charge in [-0.1, -0.05) is 11.6 Å². The molecule has 0 aliphatic carbocycles. The molecule has 0 spiro atoms. The minimum atomic E-state index is -0.453. The van der Waals surface area contributed by atoms with Crippen LogP contribution in [0, 0.1) is 11.8 Å². The van der Waals surface area contributed by atoms with Crippen LogP contribution in [0.5, 0.6) is 0 Å². The van der Waals surface area contributed by atoms with E-state index in [4.69, 9.17) is 9.47 Å². The van der Waals surface area contributed by atoms with E-state index in [0.717, 1.165) is 5.57 Å². The molecule has 0 radical (unpaired) electrons. The second kappa shape index (κ2) is 4.14. The summed E-state index contributed by atoms with van der Waals surface area (Å²) in [5.41, 5.74) is 1.12. The van der Waals surface area contributed by atoms with Crippen molar-refractivity contribution in [1.82, 2.24) is 4.90 Å². The molecule has 0 aromatic rings. The highest BCUT2D eigenvalue weighted by atomic mass is 16.5. The van der Waals surface area contributed by atoms with Crippen LogP contribution < -0.4 is 0 Å². The van der Waals surface area contributed by atoms with Crippen LogP contribution in [0.2, 0.25) is 0 Å². The average molecular weight is 239 g/mol. The van der Waals surface area contributed by atoms with E-state index in [1.165, 1.54) is 14.2 Å². The molecule has 4 atom stereocenters. The molecular weight excluding hydrogens is 222 g/mol. The van der Waals surface area contributed by atoms with E-state index in [9.17, 15) is 9.59 Å². The minimum Gasteiger partial charge on any atom is -0.469 e. The number of likely N-dealkylation sites (N-methyl/N-ethyl adjacent to an activating group) is 1. The quantitative estimate of drug-likeness (QED) is 0.509. The maximum atomic E-state index is 11.8. The lowest BCUT2D eigenvalue weighted by molar-refractivity contribution is -0.156. The summed E-state index contributed by atoms with van der Waals surface area (Å²) in [5, 5.41) is 0. The van der Waals surface area contributed by atoms with E-state index in [0.29, 0.717) is 0 Å². The zero-order valence-corrected chi connectivity index (χ0v) is 10.5. The summed E-state index contributed by atoms with van der Waals surface area (Å²) in [6.45, 7) is 1.98. The number of esters is 2. The van der Waals surface area contributed by atoms with Gasteiger partial charge in [0.2, 0.25) is 0 Å². The topological polar surface area (TPSA) is 55.8 Å². The lowest BCUT2D eigenvalue weighted by atomic mass is 9.80. The molecule has 0 aromatic carbocycles. The van der Waals surface area contributed by atoms with Gasteiger partial charge in [-0.05, 0) is 14.0 Å². The number of methoxy groups -OCH3 is 2. The molecule has 4 unspecified atom stereocenters. The third-order valence-electron chi connectivity index (χ3n) is 3.85. The summed E-state index contributed by atoms with van der Waals surface area (Å²) in [6, 6.07) is -0.104. The molecule has 5 heteroatoms. The molecule has 94 valence electrons. The van der Waals surface area contributed by atoms with E-state index in [1.807, 2.05) is 24.9 Å². The van der Waals surface area contributed by atoms with Crippen molar-refractivity contribution < 1.29 is 19.1 Å². The Labute approximate surface area is 100 Å². The fraction of sp³-hybridized carbons (Fsp3) is 0.667. The Morgan fingerprint density at radius 3 is 2.24 bits per heavy atom. The van der Waals surface area contributed by atoms with Gasteiger partial charge < -0.3 is 9.47 Å². The molecule has 2 heterocycles. The van der Waals surface area contributed by atoms with Gasteiger partial charge in [0.1, 0.15) is 0 Å². The van der Waals surface area contributed by atoms with Crippen LogP contribution in [-0.4, -0.2) is 50.2 Å². The molecule has 17 heavy (non-hydrogen) atoms. The summed E-state index contributed by atoms with van der Waals surface area (Å²) in [6.07, 6.45) is 2.03. The molecule has 0 saturated carbocycles. The summed E-state index contributed by atoms with van der Waals surface area (Å²) >= 11 is 0. The highest BCUT2D eigenvalue weighted by Gasteiger charge is 2.57. The predicted molar refractivity (Wildman–Crippen MR) is 60.1 cm³/mol. The summed E-state index contributed by atoms with van der Waals surface area (Å²) in [4.78, 5) is 25.7. The van der Waals surface area contributed by atoms with Crippen molar-refractivity contribution in [3.8, 4) is 0 Å². The molecule has 2 bridgehead atoms. The maximum Gasteiger partial charge on any atom is 0.311 e. The van der Waals surface area contributed by atoms with Gasteiger partial charge in [0.05, 0.1) is 26.1 Å². The normalized spacial score (nSPS) is 35.6. The van der Waals surface area contributed by atoms with E-state index in [2.05, 4.69) is 0 Å². The van der Waals surface area contributed by atoms with Gasteiger partial charge in [0.15, 0.2) is 0 Å². The number of nitrogens with zero attached hydrogens (tertiary/aromatic N) is 1. The first-order valence-electron chi connectivity index (χ1n) is 5.58. The van der Waals surface area contributed by atoms with Gasteiger partial charge in [0.25, 0.3) is 0 Å². The smallest absolute Gasteiger partial charge is 0.311 e. The summed E-state index contributed by atoms with van der Waals surface area (Å²) in [5.74, 6) is -1.59. The predicted octanol–water partition coefficient (Wildman–Crippen LogP) is 0.207. The van der Waals surface area contributed by atoms with Gasteiger partial charge in [-0.25, -0.2) is 0 Å². The number of rotatable bonds is 2. The van der Waals surface area contributed by atoms with Crippen LogP contribution in [0.3, 0.4) is 0 Å². The Balaban J connectivity index is 2.37. The Hall–Kier alpha value is -1.36. The summed E-state index contributed by atoms with van der Waals surface area (Å²) < 4.78 is 9.60. The van der Waals surface area contributed by atoms with E-state index in [-0.39, 0.29) is 24.0 Å². The van der Waals surface area contributed by atoms with Gasteiger partial charge in [-0.2, -0.15) is 0 Å². The highest BCUT2D eigenvalue weighted by molar-refractivity contribution is 5.85. The number of hydrogen-bond acceptors (Lipinski definition) is 5. The lowest BCUT2D eigenvalue weighted by Gasteiger charge is -2.24. The second-order valence-electron chi connectivity index (χ2n) is 4.61. The number of hydrogen-bond donors (Lipinski definition) is 0. The molecule has 1 fully saturated rings. The van der Waals surface area contributed by atoms with Gasteiger partial charge >= 0.3 is 11.9 Å². The van der Waals surface area contributed by atoms with Crippen LogP contribution in [-0.2, 0) is 19.1 Å². The number of ether oxygens (including phenoxy) is 2. The third kappa shape index (κ3) is 1.57. The van der Waals surface area contributed by atoms with Crippen LogP contribution in [0.25, 0.3) is 0 Å². The van der Waals surface area contributed by atoms with Gasteiger partial charge in [-0.15, -0.1) is 0 Å². The van der Waals surface area contributed by atoms with E-state index < -0.39 is 11.8 Å². The number of fused-ring (bicyclic) bond motifs is 2. The first-order valence-corrected chi connectivity index (χ1v) is 5.58. The second-order valence-corrected chi connectivity index (χ2v) is 4.61. The monoisotopic (exact) mass is 239 g/mol. The Morgan fingerprint density at radius 1 is 1.18 bits per heavy atom. The maximum absolute atomic E-state index is 11.8. The SMILES string of the molecule is COC(=O)C1C(C(=O)OC)C2C(C)=CC1N2C. The third-order valence-corrected chi connectivity index (χ3v) is 3.85. The van der Waals surface area contributed by atoms with Crippen LogP contribution in [0.15, 0.2) is 11.6 Å².